The molecule has 1 aliphatic rings. The minimum Gasteiger partial charge on any atom is -0.359 e. The third kappa shape index (κ3) is 4.79. The van der Waals surface area contributed by atoms with Gasteiger partial charge in [0.15, 0.2) is 0 Å². The van der Waals surface area contributed by atoms with Crippen LogP contribution in [0.5, 0.6) is 0 Å². The minimum absolute atomic E-state index is 0.112. The quantitative estimate of drug-likeness (QED) is 0.551. The molecule has 2 unspecified atom stereocenters. The molecule has 0 saturated heterocycles. The van der Waals surface area contributed by atoms with Crippen molar-refractivity contribution in [2.45, 2.75) is 33.1 Å². The first kappa shape index (κ1) is 13.2. The van der Waals surface area contributed by atoms with Gasteiger partial charge in [-0.3, -0.25) is 4.79 Å². The van der Waals surface area contributed by atoms with Gasteiger partial charge in [-0.15, -0.1) is 0 Å². The molecule has 92 valence electrons. The van der Waals surface area contributed by atoms with Gasteiger partial charge in [0.1, 0.15) is 0 Å². The van der Waals surface area contributed by atoms with E-state index in [0.29, 0.717) is 12.3 Å². The summed E-state index contributed by atoms with van der Waals surface area (Å²) < 4.78 is 0. The Morgan fingerprint density at radius 2 is 2.31 bits per heavy atom. The van der Waals surface area contributed by atoms with Crippen molar-refractivity contribution in [2.75, 3.05) is 20.1 Å². The molecule has 0 aliphatic heterocycles. The van der Waals surface area contributed by atoms with E-state index in [4.69, 9.17) is 0 Å². The second-order valence-electron chi connectivity index (χ2n) is 4.92. The SMILES string of the molecule is CNC(=O)CCNCC1CC(C)=CC(C)C1. The van der Waals surface area contributed by atoms with Crippen LogP contribution in [0, 0.1) is 11.8 Å². The number of rotatable bonds is 5. The van der Waals surface area contributed by atoms with Gasteiger partial charge in [-0.05, 0) is 38.1 Å². The summed E-state index contributed by atoms with van der Waals surface area (Å²) in [6, 6.07) is 0. The van der Waals surface area contributed by atoms with Crippen LogP contribution in [0.15, 0.2) is 11.6 Å². The van der Waals surface area contributed by atoms with Crippen LogP contribution in [0.1, 0.15) is 33.1 Å². The van der Waals surface area contributed by atoms with Crippen molar-refractivity contribution in [3.05, 3.63) is 11.6 Å². The molecule has 2 atom stereocenters. The second kappa shape index (κ2) is 6.69. The Bertz CT molecular complexity index is 261. The molecule has 0 fully saturated rings. The van der Waals surface area contributed by atoms with Crippen molar-refractivity contribution in [1.29, 1.82) is 0 Å². The Labute approximate surface area is 98.7 Å². The number of carbonyl (C=O) groups excluding carboxylic acids is 1. The van der Waals surface area contributed by atoms with E-state index in [1.165, 1.54) is 18.4 Å². The van der Waals surface area contributed by atoms with Gasteiger partial charge in [-0.2, -0.15) is 0 Å². The van der Waals surface area contributed by atoms with E-state index in [-0.39, 0.29) is 5.91 Å². The molecular weight excluding hydrogens is 200 g/mol. The Morgan fingerprint density at radius 3 is 2.94 bits per heavy atom. The van der Waals surface area contributed by atoms with Gasteiger partial charge < -0.3 is 10.6 Å². The molecular formula is C13H24N2O. The summed E-state index contributed by atoms with van der Waals surface area (Å²) in [4.78, 5) is 11.0. The summed E-state index contributed by atoms with van der Waals surface area (Å²) in [5.41, 5.74) is 1.51. The van der Waals surface area contributed by atoms with E-state index < -0.39 is 0 Å². The lowest BCUT2D eigenvalue weighted by molar-refractivity contribution is -0.120. The van der Waals surface area contributed by atoms with Gasteiger partial charge in [0, 0.05) is 20.0 Å². The summed E-state index contributed by atoms with van der Waals surface area (Å²) in [6.07, 6.45) is 5.43. The Balaban J connectivity index is 2.14. The van der Waals surface area contributed by atoms with Crippen molar-refractivity contribution in [1.82, 2.24) is 10.6 Å². The van der Waals surface area contributed by atoms with Crippen LogP contribution in [0.4, 0.5) is 0 Å². The molecule has 1 rings (SSSR count). The van der Waals surface area contributed by atoms with E-state index in [2.05, 4.69) is 30.6 Å². The molecule has 0 bridgehead atoms. The maximum absolute atomic E-state index is 11.0. The van der Waals surface area contributed by atoms with Crippen molar-refractivity contribution in [3.8, 4) is 0 Å². The summed E-state index contributed by atoms with van der Waals surface area (Å²) in [5.74, 6) is 1.56. The van der Waals surface area contributed by atoms with E-state index in [9.17, 15) is 4.79 Å². The molecule has 0 aromatic carbocycles. The first-order valence-electron chi connectivity index (χ1n) is 6.20. The lowest BCUT2D eigenvalue weighted by Gasteiger charge is -2.25. The molecule has 1 amide bonds. The molecule has 1 aliphatic carbocycles. The highest BCUT2D eigenvalue weighted by Gasteiger charge is 2.17. The average molecular weight is 224 g/mol. The number of amides is 1. The second-order valence-corrected chi connectivity index (χ2v) is 4.92. The number of allylic oxidation sites excluding steroid dienone is 2. The minimum atomic E-state index is 0.112. The van der Waals surface area contributed by atoms with Crippen molar-refractivity contribution in [3.63, 3.8) is 0 Å². The lowest BCUT2D eigenvalue weighted by atomic mass is 9.84. The van der Waals surface area contributed by atoms with Crippen molar-refractivity contribution in [2.24, 2.45) is 11.8 Å². The van der Waals surface area contributed by atoms with Crippen LogP contribution < -0.4 is 10.6 Å². The maximum Gasteiger partial charge on any atom is 0.221 e. The summed E-state index contributed by atoms with van der Waals surface area (Å²) in [5, 5.41) is 6.00. The molecule has 0 radical (unpaired) electrons. The summed E-state index contributed by atoms with van der Waals surface area (Å²) >= 11 is 0. The predicted molar refractivity (Wildman–Crippen MR) is 67.2 cm³/mol. The molecule has 0 aromatic heterocycles. The number of nitrogens with one attached hydrogen (secondary N) is 2. The highest BCUT2D eigenvalue weighted by atomic mass is 16.1. The number of hydrogen-bond acceptors (Lipinski definition) is 2. The first-order chi connectivity index (χ1) is 7.61. The topological polar surface area (TPSA) is 41.1 Å². The highest BCUT2D eigenvalue weighted by molar-refractivity contribution is 5.75. The first-order valence-corrected chi connectivity index (χ1v) is 6.20. The summed E-state index contributed by atoms with van der Waals surface area (Å²) in [6.45, 7) is 6.31. The molecule has 0 heterocycles. The van der Waals surface area contributed by atoms with Gasteiger partial charge in [0.25, 0.3) is 0 Å². The molecule has 3 nitrogen and oxygen atoms in total. The van der Waals surface area contributed by atoms with Crippen LogP contribution >= 0.6 is 0 Å². The van der Waals surface area contributed by atoms with Gasteiger partial charge >= 0.3 is 0 Å². The number of carbonyl (C=O) groups is 1. The van der Waals surface area contributed by atoms with Crippen LogP contribution in [-0.2, 0) is 4.79 Å². The van der Waals surface area contributed by atoms with E-state index >= 15 is 0 Å². The van der Waals surface area contributed by atoms with Crippen LogP contribution in [0.2, 0.25) is 0 Å². The Kier molecular flexibility index (Phi) is 5.53. The van der Waals surface area contributed by atoms with Gasteiger partial charge in [0.05, 0.1) is 0 Å². The van der Waals surface area contributed by atoms with Crippen molar-refractivity contribution < 1.29 is 4.79 Å². The predicted octanol–water partition coefficient (Wildman–Crippen LogP) is 1.70. The molecule has 0 aromatic rings. The van der Waals surface area contributed by atoms with E-state index in [1.54, 1.807) is 7.05 Å². The fourth-order valence-electron chi connectivity index (χ4n) is 2.47. The monoisotopic (exact) mass is 224 g/mol. The fourth-order valence-corrected chi connectivity index (χ4v) is 2.47. The van der Waals surface area contributed by atoms with Gasteiger partial charge in [0.2, 0.25) is 5.91 Å². The molecule has 2 N–H and O–H groups in total. The highest BCUT2D eigenvalue weighted by Crippen LogP contribution is 2.27. The maximum atomic E-state index is 11.0. The zero-order valence-electron chi connectivity index (χ0n) is 10.7. The third-order valence-electron chi connectivity index (χ3n) is 3.13. The largest absolute Gasteiger partial charge is 0.359 e. The zero-order valence-corrected chi connectivity index (χ0v) is 10.7. The molecule has 3 heteroatoms. The van der Waals surface area contributed by atoms with Crippen LogP contribution in [0.25, 0.3) is 0 Å². The fraction of sp³-hybridized carbons (Fsp3) is 0.769. The van der Waals surface area contributed by atoms with Crippen LogP contribution in [0.3, 0.4) is 0 Å². The van der Waals surface area contributed by atoms with Crippen LogP contribution in [-0.4, -0.2) is 26.0 Å². The lowest BCUT2D eigenvalue weighted by Crippen LogP contribution is -2.30. The molecule has 16 heavy (non-hydrogen) atoms. The number of hydrogen-bond donors (Lipinski definition) is 2. The Morgan fingerprint density at radius 1 is 1.56 bits per heavy atom. The Hall–Kier alpha value is -0.830. The average Bonchev–Trinajstić information content (AvgIpc) is 2.22. The van der Waals surface area contributed by atoms with Gasteiger partial charge in [-0.1, -0.05) is 18.6 Å². The van der Waals surface area contributed by atoms with Crippen molar-refractivity contribution >= 4 is 5.91 Å². The van der Waals surface area contributed by atoms with Gasteiger partial charge in [-0.25, -0.2) is 0 Å². The molecule has 0 spiro atoms. The zero-order chi connectivity index (χ0) is 12.0. The normalized spacial score (nSPS) is 25.1. The van der Waals surface area contributed by atoms with E-state index in [0.717, 1.165) is 19.0 Å². The standard InChI is InChI=1S/C13H24N2O/c1-10-6-11(2)8-12(7-10)9-15-5-4-13(16)14-3/h6,10,12,15H,4-5,7-9H2,1-3H3,(H,14,16). The van der Waals surface area contributed by atoms with E-state index in [1.807, 2.05) is 0 Å². The smallest absolute Gasteiger partial charge is 0.221 e. The third-order valence-corrected chi connectivity index (χ3v) is 3.13. The molecule has 0 saturated carbocycles. The summed E-state index contributed by atoms with van der Waals surface area (Å²) in [7, 11) is 1.68.